The lowest BCUT2D eigenvalue weighted by Crippen LogP contribution is -2.16. The molecule has 21 heavy (non-hydrogen) atoms. The quantitative estimate of drug-likeness (QED) is 0.934. The molecule has 1 N–H and O–H groups in total. The van der Waals surface area contributed by atoms with E-state index in [-0.39, 0.29) is 5.41 Å². The van der Waals surface area contributed by atoms with Gasteiger partial charge >= 0.3 is 0 Å². The number of anilines is 1. The van der Waals surface area contributed by atoms with Crippen LogP contribution in [0.25, 0.3) is 11.4 Å². The standard InChI is InChI=1S/C16H22N4O/c1-6-17-13-9-12(16(2,3)4)19-15(20-13)11-7-8-14(21-5)18-10-11/h7-10H,6H2,1-5H3,(H,17,19,20). The summed E-state index contributed by atoms with van der Waals surface area (Å²) in [6, 6.07) is 5.74. The number of aromatic nitrogens is 3. The van der Waals surface area contributed by atoms with Crippen LogP contribution in [-0.2, 0) is 5.41 Å². The Bertz CT molecular complexity index is 603. The second-order valence-electron chi connectivity index (χ2n) is 5.83. The number of ether oxygens (including phenoxy) is 1. The summed E-state index contributed by atoms with van der Waals surface area (Å²) >= 11 is 0. The molecule has 0 atom stereocenters. The van der Waals surface area contributed by atoms with Gasteiger partial charge in [0, 0.05) is 35.9 Å². The number of hydrogen-bond acceptors (Lipinski definition) is 5. The highest BCUT2D eigenvalue weighted by atomic mass is 16.5. The van der Waals surface area contributed by atoms with Gasteiger partial charge in [0.05, 0.1) is 12.8 Å². The van der Waals surface area contributed by atoms with E-state index in [1.807, 2.05) is 25.1 Å². The van der Waals surface area contributed by atoms with Crippen molar-refractivity contribution in [3.05, 3.63) is 30.1 Å². The van der Waals surface area contributed by atoms with Gasteiger partial charge in [-0.25, -0.2) is 15.0 Å². The Morgan fingerprint density at radius 1 is 1.19 bits per heavy atom. The molecule has 0 fully saturated rings. The molecule has 2 heterocycles. The first-order chi connectivity index (χ1) is 9.94. The first-order valence-electron chi connectivity index (χ1n) is 7.08. The predicted octanol–water partition coefficient (Wildman–Crippen LogP) is 3.28. The highest BCUT2D eigenvalue weighted by molar-refractivity contribution is 5.57. The molecular formula is C16H22N4O. The van der Waals surface area contributed by atoms with Crippen molar-refractivity contribution in [3.8, 4) is 17.3 Å². The summed E-state index contributed by atoms with van der Waals surface area (Å²) < 4.78 is 5.08. The Hall–Kier alpha value is -2.17. The normalized spacial score (nSPS) is 11.3. The maximum absolute atomic E-state index is 5.08. The van der Waals surface area contributed by atoms with Gasteiger partial charge in [0.25, 0.3) is 0 Å². The fourth-order valence-corrected chi connectivity index (χ4v) is 1.87. The van der Waals surface area contributed by atoms with E-state index in [1.54, 1.807) is 13.3 Å². The summed E-state index contributed by atoms with van der Waals surface area (Å²) in [4.78, 5) is 13.5. The van der Waals surface area contributed by atoms with Gasteiger partial charge < -0.3 is 10.1 Å². The van der Waals surface area contributed by atoms with E-state index in [9.17, 15) is 0 Å². The molecule has 2 aromatic heterocycles. The van der Waals surface area contributed by atoms with Crippen molar-refractivity contribution >= 4 is 5.82 Å². The number of pyridine rings is 1. The average Bonchev–Trinajstić information content (AvgIpc) is 2.46. The van der Waals surface area contributed by atoms with Gasteiger partial charge in [-0.05, 0) is 13.0 Å². The molecule has 0 amide bonds. The molecule has 5 heteroatoms. The molecule has 2 aromatic rings. The van der Waals surface area contributed by atoms with E-state index in [4.69, 9.17) is 4.74 Å². The van der Waals surface area contributed by atoms with Crippen LogP contribution in [0.1, 0.15) is 33.4 Å². The third-order valence-electron chi connectivity index (χ3n) is 3.06. The second-order valence-corrected chi connectivity index (χ2v) is 5.83. The molecule has 0 aliphatic rings. The molecule has 0 radical (unpaired) electrons. The van der Waals surface area contributed by atoms with Gasteiger partial charge in [-0.3, -0.25) is 0 Å². The minimum Gasteiger partial charge on any atom is -0.481 e. The zero-order valence-electron chi connectivity index (χ0n) is 13.3. The summed E-state index contributed by atoms with van der Waals surface area (Å²) in [5, 5.41) is 3.26. The third kappa shape index (κ3) is 3.68. The zero-order chi connectivity index (χ0) is 15.5. The van der Waals surface area contributed by atoms with Gasteiger partial charge in [-0.2, -0.15) is 0 Å². The SMILES string of the molecule is CCNc1cc(C(C)(C)C)nc(-c2ccc(OC)nc2)n1. The zero-order valence-corrected chi connectivity index (χ0v) is 13.3. The van der Waals surface area contributed by atoms with Gasteiger partial charge in [0.2, 0.25) is 5.88 Å². The summed E-state index contributed by atoms with van der Waals surface area (Å²) in [6.45, 7) is 9.29. The van der Waals surface area contributed by atoms with E-state index >= 15 is 0 Å². The van der Waals surface area contributed by atoms with E-state index < -0.39 is 0 Å². The Morgan fingerprint density at radius 3 is 2.48 bits per heavy atom. The van der Waals surface area contributed by atoms with E-state index in [0.717, 1.165) is 23.6 Å². The second kappa shape index (κ2) is 6.08. The van der Waals surface area contributed by atoms with Crippen molar-refractivity contribution in [2.75, 3.05) is 19.0 Å². The summed E-state index contributed by atoms with van der Waals surface area (Å²) in [5.41, 5.74) is 1.84. The van der Waals surface area contributed by atoms with E-state index in [1.165, 1.54) is 0 Å². The summed E-state index contributed by atoms with van der Waals surface area (Å²) in [6.07, 6.45) is 1.73. The molecule has 0 saturated heterocycles. The van der Waals surface area contributed by atoms with Crippen LogP contribution in [0.3, 0.4) is 0 Å². The van der Waals surface area contributed by atoms with Crippen LogP contribution < -0.4 is 10.1 Å². The molecule has 0 saturated carbocycles. The largest absolute Gasteiger partial charge is 0.481 e. The van der Waals surface area contributed by atoms with Gasteiger partial charge in [-0.1, -0.05) is 20.8 Å². The fraction of sp³-hybridized carbons (Fsp3) is 0.438. The molecule has 0 aliphatic carbocycles. The summed E-state index contributed by atoms with van der Waals surface area (Å²) in [5.74, 6) is 2.09. The van der Waals surface area contributed by atoms with Crippen molar-refractivity contribution in [2.45, 2.75) is 33.1 Å². The average molecular weight is 286 g/mol. The van der Waals surface area contributed by atoms with Crippen LogP contribution in [0.4, 0.5) is 5.82 Å². The van der Waals surface area contributed by atoms with Crippen molar-refractivity contribution < 1.29 is 4.74 Å². The molecular weight excluding hydrogens is 264 g/mol. The summed E-state index contributed by atoms with van der Waals surface area (Å²) in [7, 11) is 1.60. The monoisotopic (exact) mass is 286 g/mol. The van der Waals surface area contributed by atoms with Crippen molar-refractivity contribution in [2.24, 2.45) is 0 Å². The van der Waals surface area contributed by atoms with Crippen LogP contribution in [0, 0.1) is 0 Å². The van der Waals surface area contributed by atoms with Gasteiger partial charge in [0.15, 0.2) is 5.82 Å². The van der Waals surface area contributed by atoms with Crippen LogP contribution in [0.15, 0.2) is 24.4 Å². The predicted molar refractivity (Wildman–Crippen MR) is 84.7 cm³/mol. The maximum atomic E-state index is 5.08. The lowest BCUT2D eigenvalue weighted by atomic mass is 9.92. The number of hydrogen-bond donors (Lipinski definition) is 1. The lowest BCUT2D eigenvalue weighted by Gasteiger charge is -2.19. The molecule has 0 bridgehead atoms. The highest BCUT2D eigenvalue weighted by Crippen LogP contribution is 2.26. The van der Waals surface area contributed by atoms with E-state index in [2.05, 4.69) is 41.0 Å². The number of nitrogens with one attached hydrogen (secondary N) is 1. The van der Waals surface area contributed by atoms with Gasteiger partial charge in [0.1, 0.15) is 5.82 Å². The fourth-order valence-electron chi connectivity index (χ4n) is 1.87. The molecule has 0 aromatic carbocycles. The van der Waals surface area contributed by atoms with Crippen LogP contribution >= 0.6 is 0 Å². The van der Waals surface area contributed by atoms with Crippen LogP contribution in [-0.4, -0.2) is 28.6 Å². The highest BCUT2D eigenvalue weighted by Gasteiger charge is 2.18. The number of nitrogens with zero attached hydrogens (tertiary/aromatic N) is 3. The first-order valence-corrected chi connectivity index (χ1v) is 7.08. The number of methoxy groups -OCH3 is 1. The topological polar surface area (TPSA) is 59.9 Å². The Labute approximate surface area is 125 Å². The van der Waals surface area contributed by atoms with Crippen LogP contribution in [0.2, 0.25) is 0 Å². The first kappa shape index (κ1) is 15.2. The van der Waals surface area contributed by atoms with E-state index in [0.29, 0.717) is 11.7 Å². The Kier molecular flexibility index (Phi) is 4.40. The Morgan fingerprint density at radius 2 is 1.95 bits per heavy atom. The molecule has 0 aliphatic heterocycles. The minimum absolute atomic E-state index is 0.0399. The Balaban J connectivity index is 2.48. The minimum atomic E-state index is -0.0399. The molecule has 112 valence electrons. The van der Waals surface area contributed by atoms with Gasteiger partial charge in [-0.15, -0.1) is 0 Å². The molecule has 5 nitrogen and oxygen atoms in total. The molecule has 0 unspecified atom stereocenters. The molecule has 2 rings (SSSR count). The van der Waals surface area contributed by atoms with Crippen LogP contribution in [0.5, 0.6) is 5.88 Å². The number of rotatable bonds is 4. The third-order valence-corrected chi connectivity index (χ3v) is 3.06. The maximum Gasteiger partial charge on any atom is 0.212 e. The lowest BCUT2D eigenvalue weighted by molar-refractivity contribution is 0.398. The van der Waals surface area contributed by atoms with Crippen molar-refractivity contribution in [1.82, 2.24) is 15.0 Å². The van der Waals surface area contributed by atoms with Crippen molar-refractivity contribution in [1.29, 1.82) is 0 Å². The smallest absolute Gasteiger partial charge is 0.212 e. The van der Waals surface area contributed by atoms with Crippen molar-refractivity contribution in [3.63, 3.8) is 0 Å². The molecule has 0 spiro atoms.